The largest absolute Gasteiger partial charge is 0.391 e. The predicted octanol–water partition coefficient (Wildman–Crippen LogP) is 1.11. The monoisotopic (exact) mass is 413 g/mol. The zero-order chi connectivity index (χ0) is 20.8. The van der Waals surface area contributed by atoms with Gasteiger partial charge < -0.3 is 15.5 Å². The van der Waals surface area contributed by atoms with Gasteiger partial charge in [0.15, 0.2) is 17.8 Å². The lowest BCUT2D eigenvalue weighted by Crippen LogP contribution is -2.32. The summed E-state index contributed by atoms with van der Waals surface area (Å²) >= 11 is 0. The predicted molar refractivity (Wildman–Crippen MR) is 103 cm³/mol. The highest BCUT2D eigenvalue weighted by molar-refractivity contribution is 5.99. The van der Waals surface area contributed by atoms with E-state index in [1.165, 1.54) is 27.9 Å². The Morgan fingerprint density at radius 3 is 3.00 bits per heavy atom. The molecule has 0 unspecified atom stereocenters. The molecule has 2 aliphatic heterocycles. The molecule has 9 nitrogen and oxygen atoms in total. The molecule has 5 rings (SSSR count). The highest BCUT2D eigenvalue weighted by Crippen LogP contribution is 2.38. The lowest BCUT2D eigenvalue weighted by atomic mass is 9.94. The Kier molecular flexibility index (Phi) is 4.61. The fourth-order valence-corrected chi connectivity index (χ4v) is 3.98. The fraction of sp³-hybridized carbons (Fsp3) is 0.350. The van der Waals surface area contributed by atoms with E-state index in [1.54, 1.807) is 18.3 Å². The molecule has 10 heteroatoms. The zero-order valence-electron chi connectivity index (χ0n) is 15.9. The summed E-state index contributed by atoms with van der Waals surface area (Å²) < 4.78 is 15.6. The highest BCUT2D eigenvalue weighted by Gasteiger charge is 2.36. The van der Waals surface area contributed by atoms with Crippen molar-refractivity contribution in [2.45, 2.75) is 37.7 Å². The van der Waals surface area contributed by atoms with Crippen LogP contribution in [-0.2, 0) is 11.3 Å². The van der Waals surface area contributed by atoms with Crippen molar-refractivity contribution in [1.29, 1.82) is 0 Å². The van der Waals surface area contributed by atoms with Gasteiger partial charge in [0.2, 0.25) is 0 Å². The van der Waals surface area contributed by atoms with Crippen molar-refractivity contribution in [2.24, 2.45) is 0 Å². The van der Waals surface area contributed by atoms with E-state index in [4.69, 9.17) is 4.84 Å². The summed E-state index contributed by atoms with van der Waals surface area (Å²) in [4.78, 5) is 22.7. The zero-order valence-corrected chi connectivity index (χ0v) is 15.9. The van der Waals surface area contributed by atoms with Gasteiger partial charge in [0.05, 0.1) is 18.3 Å². The highest BCUT2D eigenvalue weighted by atomic mass is 19.1. The molecule has 2 aromatic heterocycles. The fourth-order valence-electron chi connectivity index (χ4n) is 3.98. The number of rotatable bonds is 0. The summed E-state index contributed by atoms with van der Waals surface area (Å²) in [5, 5.41) is 28.8. The van der Waals surface area contributed by atoms with Crippen molar-refractivity contribution in [1.82, 2.24) is 19.9 Å². The van der Waals surface area contributed by atoms with Crippen LogP contribution in [0.25, 0.3) is 5.65 Å². The number of halogens is 1. The van der Waals surface area contributed by atoms with E-state index in [0.29, 0.717) is 29.9 Å². The molecule has 2 bridgehead atoms. The number of nitrogens with one attached hydrogen (secondary N) is 1. The third-order valence-electron chi connectivity index (χ3n) is 5.48. The number of hydroxylamine groups is 1. The Hall–Kier alpha value is -3.08. The maximum Gasteiger partial charge on any atom is 0.256 e. The van der Waals surface area contributed by atoms with Crippen molar-refractivity contribution in [2.75, 3.05) is 11.6 Å². The maximum atomic E-state index is 14.1. The summed E-state index contributed by atoms with van der Waals surface area (Å²) in [5.74, 6) is -0.427. The van der Waals surface area contributed by atoms with Gasteiger partial charge in [-0.25, -0.2) is 23.8 Å². The Morgan fingerprint density at radius 1 is 1.27 bits per heavy atom. The van der Waals surface area contributed by atoms with E-state index in [2.05, 4.69) is 15.4 Å². The summed E-state index contributed by atoms with van der Waals surface area (Å²) in [6.45, 7) is 0.0732. The molecule has 0 radical (unpaired) electrons. The molecule has 1 saturated heterocycles. The minimum absolute atomic E-state index is 0.0732. The Balaban J connectivity index is 1.67. The number of β-amino-alcohol motifs (C(OH)–C–C–N with tert-alkyl or cyclic N) is 1. The number of benzene rings is 1. The van der Waals surface area contributed by atoms with Crippen LogP contribution in [0, 0.1) is 5.82 Å². The van der Waals surface area contributed by atoms with Gasteiger partial charge in [-0.3, -0.25) is 4.79 Å². The number of hydrogen-bond donors (Lipinski definition) is 3. The van der Waals surface area contributed by atoms with Gasteiger partial charge in [-0.05, 0) is 36.1 Å². The molecule has 156 valence electrons. The van der Waals surface area contributed by atoms with Gasteiger partial charge in [0.25, 0.3) is 5.91 Å². The second kappa shape index (κ2) is 7.31. The average Bonchev–Trinajstić information content (AvgIpc) is 3.33. The molecule has 4 heterocycles. The van der Waals surface area contributed by atoms with Crippen molar-refractivity contribution in [3.63, 3.8) is 0 Å². The minimum Gasteiger partial charge on any atom is -0.391 e. The third-order valence-corrected chi connectivity index (χ3v) is 5.48. The number of nitrogens with zero attached hydrogens (tertiary/aromatic N) is 4. The van der Waals surface area contributed by atoms with Crippen LogP contribution in [0.3, 0.4) is 0 Å². The van der Waals surface area contributed by atoms with Gasteiger partial charge in [0.1, 0.15) is 11.4 Å². The number of aliphatic hydroxyl groups is 2. The molecule has 0 saturated carbocycles. The molecule has 1 amide bonds. The van der Waals surface area contributed by atoms with Crippen molar-refractivity contribution < 1.29 is 24.2 Å². The Labute approximate surface area is 170 Å². The number of amides is 1. The van der Waals surface area contributed by atoms with Crippen LogP contribution >= 0.6 is 0 Å². The van der Waals surface area contributed by atoms with Crippen molar-refractivity contribution >= 4 is 17.4 Å². The van der Waals surface area contributed by atoms with Crippen LogP contribution in [0.15, 0.2) is 36.7 Å². The Bertz CT molecular complexity index is 1120. The average molecular weight is 413 g/mol. The lowest BCUT2D eigenvalue weighted by Gasteiger charge is -2.26. The van der Waals surface area contributed by atoms with Gasteiger partial charge >= 0.3 is 0 Å². The second-order valence-corrected chi connectivity index (χ2v) is 7.50. The van der Waals surface area contributed by atoms with Crippen LogP contribution in [0.5, 0.6) is 0 Å². The number of aliphatic hydroxyl groups excluding tert-OH is 2. The molecular weight excluding hydrogens is 393 g/mol. The van der Waals surface area contributed by atoms with E-state index in [9.17, 15) is 19.4 Å². The molecule has 0 spiro atoms. The number of carbonyl (C=O) groups excluding carboxylic acids is 1. The topological polar surface area (TPSA) is 112 Å². The molecule has 2 aliphatic rings. The molecule has 30 heavy (non-hydrogen) atoms. The van der Waals surface area contributed by atoms with Gasteiger partial charge in [-0.2, -0.15) is 5.10 Å². The van der Waals surface area contributed by atoms with Gasteiger partial charge in [-0.15, -0.1) is 0 Å². The number of anilines is 1. The SMILES string of the molecule is O=C1NC[C@@H](O)CCc2ccc(F)cc2[C@@H]2C[C@H](O)ON2c2ccn3ncc1c3n2. The second-order valence-electron chi connectivity index (χ2n) is 7.50. The van der Waals surface area contributed by atoms with E-state index in [0.717, 1.165) is 5.56 Å². The molecule has 3 N–H and O–H groups in total. The van der Waals surface area contributed by atoms with Crippen LogP contribution in [0.2, 0.25) is 0 Å². The number of aromatic nitrogens is 3. The minimum atomic E-state index is -1.09. The normalized spacial score (nSPS) is 24.4. The summed E-state index contributed by atoms with van der Waals surface area (Å²) in [7, 11) is 0. The first kappa shape index (κ1) is 18.9. The molecule has 1 aromatic carbocycles. The van der Waals surface area contributed by atoms with E-state index >= 15 is 0 Å². The summed E-state index contributed by atoms with van der Waals surface area (Å²) in [6.07, 6.45) is 2.24. The third kappa shape index (κ3) is 3.28. The van der Waals surface area contributed by atoms with Crippen LogP contribution < -0.4 is 10.4 Å². The van der Waals surface area contributed by atoms with E-state index < -0.39 is 30.2 Å². The summed E-state index contributed by atoms with van der Waals surface area (Å²) in [5.41, 5.74) is 2.05. The quantitative estimate of drug-likeness (QED) is 0.506. The number of aryl methyl sites for hydroxylation is 1. The number of hydrogen-bond acceptors (Lipinski definition) is 7. The Morgan fingerprint density at radius 2 is 2.13 bits per heavy atom. The van der Waals surface area contributed by atoms with Crippen LogP contribution in [-0.4, -0.2) is 49.7 Å². The van der Waals surface area contributed by atoms with Gasteiger partial charge in [-0.1, -0.05) is 6.07 Å². The van der Waals surface area contributed by atoms with E-state index in [-0.39, 0.29) is 18.5 Å². The molecule has 1 fully saturated rings. The first-order valence-corrected chi connectivity index (χ1v) is 9.72. The molecule has 3 aromatic rings. The number of fused-ring (bicyclic) bond motifs is 5. The summed E-state index contributed by atoms with van der Waals surface area (Å²) in [6, 6.07) is 5.64. The first-order valence-electron chi connectivity index (χ1n) is 9.72. The molecule has 3 atom stereocenters. The number of carbonyl (C=O) groups is 1. The van der Waals surface area contributed by atoms with Crippen LogP contribution in [0.4, 0.5) is 10.2 Å². The lowest BCUT2D eigenvalue weighted by molar-refractivity contribution is -0.0712. The first-order chi connectivity index (χ1) is 14.5. The standard InChI is InChI=1S/C20H20FN5O4/c21-12-3-1-11-2-4-13(27)9-22-20(29)15-10-23-25-6-5-17(24-19(15)25)26-16(14(11)7-12)8-18(28)30-26/h1,3,5-7,10,13,16,18,27-28H,2,4,8-9H2,(H,22,29)/t13-,16-,18+/m0/s1. The molecular formula is C20H20FN5O4. The van der Waals surface area contributed by atoms with Crippen molar-refractivity contribution in [3.8, 4) is 0 Å². The van der Waals surface area contributed by atoms with Crippen LogP contribution in [0.1, 0.15) is 40.4 Å². The van der Waals surface area contributed by atoms with Gasteiger partial charge in [0, 0.05) is 25.2 Å². The van der Waals surface area contributed by atoms with E-state index in [1.807, 2.05) is 0 Å². The maximum absolute atomic E-state index is 14.1. The molecule has 0 aliphatic carbocycles. The van der Waals surface area contributed by atoms with Crippen molar-refractivity contribution in [3.05, 3.63) is 59.2 Å². The smallest absolute Gasteiger partial charge is 0.256 e.